The Morgan fingerprint density at radius 1 is 1.15 bits per heavy atom. The quantitative estimate of drug-likeness (QED) is 0.747. The Labute approximate surface area is 158 Å². The number of benzene rings is 2. The molecule has 0 spiro atoms. The molecule has 4 nitrogen and oxygen atoms in total. The Morgan fingerprint density at radius 2 is 1.88 bits per heavy atom. The first-order valence-electron chi connectivity index (χ1n) is 8.79. The van der Waals surface area contributed by atoms with Crippen molar-refractivity contribution in [1.29, 1.82) is 0 Å². The number of aryl methyl sites for hydroxylation is 1. The molecule has 1 saturated heterocycles. The van der Waals surface area contributed by atoms with Crippen molar-refractivity contribution >= 4 is 22.5 Å². The molecule has 0 radical (unpaired) electrons. The van der Waals surface area contributed by atoms with Crippen LogP contribution in [0.1, 0.15) is 22.7 Å². The van der Waals surface area contributed by atoms with Gasteiger partial charge < -0.3 is 9.84 Å². The van der Waals surface area contributed by atoms with Crippen molar-refractivity contribution in [3.63, 3.8) is 0 Å². The number of hydrogen-bond donors (Lipinski definition) is 1. The lowest BCUT2D eigenvalue weighted by Crippen LogP contribution is -2.39. The zero-order valence-corrected chi connectivity index (χ0v) is 15.4. The fourth-order valence-electron chi connectivity index (χ4n) is 3.59. The van der Waals surface area contributed by atoms with Crippen LogP contribution in [0.2, 0.25) is 5.02 Å². The smallest absolute Gasteiger partial charge is 0.147 e. The summed E-state index contributed by atoms with van der Waals surface area (Å²) in [7, 11) is 0. The van der Waals surface area contributed by atoms with Crippen molar-refractivity contribution in [2.75, 3.05) is 26.3 Å². The summed E-state index contributed by atoms with van der Waals surface area (Å²) in [6.07, 6.45) is 1.68. The van der Waals surface area contributed by atoms with E-state index in [1.807, 2.05) is 18.2 Å². The number of morpholine rings is 1. The molecule has 26 heavy (non-hydrogen) atoms. The molecular formula is C21H21ClN2O2. The average molecular weight is 369 g/mol. The van der Waals surface area contributed by atoms with Gasteiger partial charge in [0.2, 0.25) is 0 Å². The topological polar surface area (TPSA) is 45.6 Å². The van der Waals surface area contributed by atoms with Crippen LogP contribution in [0.4, 0.5) is 0 Å². The molecule has 0 amide bonds. The number of nitrogens with zero attached hydrogens (tertiary/aromatic N) is 2. The second kappa shape index (κ2) is 7.23. The SMILES string of the molecule is Cc1ccc(C(c2cc(Cl)c3cccnc3c2O)N2CCOCC2)cc1. The average Bonchev–Trinajstić information content (AvgIpc) is 2.68. The van der Waals surface area contributed by atoms with Crippen molar-refractivity contribution in [2.24, 2.45) is 0 Å². The molecule has 0 bridgehead atoms. The maximum atomic E-state index is 11.0. The summed E-state index contributed by atoms with van der Waals surface area (Å²) >= 11 is 6.54. The van der Waals surface area contributed by atoms with Crippen LogP contribution in [0.25, 0.3) is 10.9 Å². The molecule has 0 aliphatic carbocycles. The summed E-state index contributed by atoms with van der Waals surface area (Å²) in [6, 6.07) is 13.9. The predicted molar refractivity (Wildman–Crippen MR) is 104 cm³/mol. The molecule has 1 aliphatic heterocycles. The van der Waals surface area contributed by atoms with Crippen LogP contribution in [0, 0.1) is 6.92 Å². The Morgan fingerprint density at radius 3 is 2.62 bits per heavy atom. The lowest BCUT2D eigenvalue weighted by Gasteiger charge is -2.35. The summed E-state index contributed by atoms with van der Waals surface area (Å²) < 4.78 is 5.52. The molecule has 1 fully saturated rings. The molecule has 2 aromatic carbocycles. The van der Waals surface area contributed by atoms with Gasteiger partial charge in [-0.05, 0) is 30.7 Å². The van der Waals surface area contributed by atoms with E-state index in [4.69, 9.17) is 16.3 Å². The molecule has 1 aliphatic rings. The summed E-state index contributed by atoms with van der Waals surface area (Å²) in [6.45, 7) is 5.04. The highest BCUT2D eigenvalue weighted by molar-refractivity contribution is 6.35. The molecule has 134 valence electrons. The zero-order valence-electron chi connectivity index (χ0n) is 14.7. The number of aromatic hydroxyl groups is 1. The van der Waals surface area contributed by atoms with Gasteiger partial charge in [0, 0.05) is 30.2 Å². The van der Waals surface area contributed by atoms with Crippen LogP contribution in [0.15, 0.2) is 48.7 Å². The Bertz CT molecular complexity index is 921. The Hall–Kier alpha value is -2.14. The lowest BCUT2D eigenvalue weighted by molar-refractivity contribution is 0.0236. The first-order valence-corrected chi connectivity index (χ1v) is 9.17. The van der Waals surface area contributed by atoms with E-state index < -0.39 is 0 Å². The highest BCUT2D eigenvalue weighted by Crippen LogP contribution is 2.41. The van der Waals surface area contributed by atoms with Crippen molar-refractivity contribution in [3.8, 4) is 5.75 Å². The molecule has 1 aromatic heterocycles. The molecule has 1 unspecified atom stereocenters. The standard InChI is InChI=1S/C21H21ClN2O2/c1-14-4-6-15(7-5-14)20(24-9-11-26-12-10-24)17-13-18(22)16-3-2-8-23-19(16)21(17)25/h2-8,13,20,25H,9-12H2,1H3. The monoisotopic (exact) mass is 368 g/mol. The number of hydrogen-bond acceptors (Lipinski definition) is 4. The Kier molecular flexibility index (Phi) is 4.81. The minimum atomic E-state index is -0.0941. The summed E-state index contributed by atoms with van der Waals surface area (Å²) in [5, 5.41) is 12.4. The predicted octanol–water partition coefficient (Wildman–Crippen LogP) is 4.32. The number of pyridine rings is 1. The van der Waals surface area contributed by atoms with Crippen LogP contribution in [-0.4, -0.2) is 41.3 Å². The van der Waals surface area contributed by atoms with Crippen LogP contribution >= 0.6 is 11.6 Å². The van der Waals surface area contributed by atoms with Gasteiger partial charge in [0.25, 0.3) is 0 Å². The normalized spacial score (nSPS) is 16.7. The van der Waals surface area contributed by atoms with E-state index in [1.54, 1.807) is 6.20 Å². The van der Waals surface area contributed by atoms with Gasteiger partial charge in [-0.15, -0.1) is 0 Å². The molecule has 2 heterocycles. The van der Waals surface area contributed by atoms with Crippen molar-refractivity contribution in [3.05, 3.63) is 70.4 Å². The van der Waals surface area contributed by atoms with Crippen molar-refractivity contribution in [2.45, 2.75) is 13.0 Å². The fraction of sp³-hybridized carbons (Fsp3) is 0.286. The summed E-state index contributed by atoms with van der Waals surface area (Å²) in [5.41, 5.74) is 3.66. The third-order valence-electron chi connectivity index (χ3n) is 4.94. The van der Waals surface area contributed by atoms with Crippen LogP contribution in [0.5, 0.6) is 5.75 Å². The van der Waals surface area contributed by atoms with E-state index in [0.29, 0.717) is 23.8 Å². The number of fused-ring (bicyclic) bond motifs is 1. The molecule has 1 N–H and O–H groups in total. The van der Waals surface area contributed by atoms with Gasteiger partial charge in [-0.3, -0.25) is 9.88 Å². The summed E-state index contributed by atoms with van der Waals surface area (Å²) in [4.78, 5) is 6.69. The molecule has 1 atom stereocenters. The Balaban J connectivity index is 1.89. The summed E-state index contributed by atoms with van der Waals surface area (Å²) in [5.74, 6) is 0.196. The second-order valence-electron chi connectivity index (χ2n) is 6.66. The van der Waals surface area contributed by atoms with E-state index in [9.17, 15) is 5.11 Å². The van der Waals surface area contributed by atoms with Crippen LogP contribution in [0.3, 0.4) is 0 Å². The first kappa shape index (κ1) is 17.3. The highest BCUT2D eigenvalue weighted by Gasteiger charge is 2.28. The number of halogens is 1. The maximum absolute atomic E-state index is 11.0. The van der Waals surface area contributed by atoms with E-state index in [0.717, 1.165) is 29.6 Å². The number of ether oxygens (including phenoxy) is 1. The van der Waals surface area contributed by atoms with E-state index >= 15 is 0 Å². The van der Waals surface area contributed by atoms with Crippen molar-refractivity contribution < 1.29 is 9.84 Å². The number of aromatic nitrogens is 1. The van der Waals surface area contributed by atoms with Crippen LogP contribution in [-0.2, 0) is 4.74 Å². The molecule has 5 heteroatoms. The number of rotatable bonds is 3. The van der Waals surface area contributed by atoms with Crippen molar-refractivity contribution in [1.82, 2.24) is 9.88 Å². The number of phenolic OH excluding ortho intramolecular Hbond substituents is 1. The highest BCUT2D eigenvalue weighted by atomic mass is 35.5. The largest absolute Gasteiger partial charge is 0.505 e. The second-order valence-corrected chi connectivity index (χ2v) is 7.06. The van der Waals surface area contributed by atoms with E-state index in [-0.39, 0.29) is 11.8 Å². The molecule has 3 aromatic rings. The van der Waals surface area contributed by atoms with Crippen LogP contribution < -0.4 is 0 Å². The van der Waals surface area contributed by atoms with Gasteiger partial charge >= 0.3 is 0 Å². The first-order chi connectivity index (χ1) is 12.6. The molecule has 4 rings (SSSR count). The van der Waals surface area contributed by atoms with Gasteiger partial charge in [-0.1, -0.05) is 41.4 Å². The molecular weight excluding hydrogens is 348 g/mol. The minimum Gasteiger partial charge on any atom is -0.505 e. The van der Waals surface area contributed by atoms with E-state index in [2.05, 4.69) is 41.1 Å². The zero-order chi connectivity index (χ0) is 18.1. The minimum absolute atomic E-state index is 0.0941. The lowest BCUT2D eigenvalue weighted by atomic mass is 9.94. The van der Waals surface area contributed by atoms with Gasteiger partial charge in [-0.25, -0.2) is 0 Å². The third kappa shape index (κ3) is 3.16. The van der Waals surface area contributed by atoms with Gasteiger partial charge in [0.1, 0.15) is 11.3 Å². The molecule has 0 saturated carbocycles. The third-order valence-corrected chi connectivity index (χ3v) is 5.26. The maximum Gasteiger partial charge on any atom is 0.147 e. The van der Waals surface area contributed by atoms with E-state index in [1.165, 1.54) is 5.56 Å². The fourth-order valence-corrected chi connectivity index (χ4v) is 3.86. The van der Waals surface area contributed by atoms with Gasteiger partial charge in [-0.2, -0.15) is 0 Å². The van der Waals surface area contributed by atoms with Gasteiger partial charge in [0.05, 0.1) is 24.3 Å². The number of phenols is 1. The van der Waals surface area contributed by atoms with Gasteiger partial charge in [0.15, 0.2) is 0 Å².